The van der Waals surface area contributed by atoms with Crippen LogP contribution in [0.3, 0.4) is 0 Å². The number of aliphatic carboxylic acids is 1. The van der Waals surface area contributed by atoms with Gasteiger partial charge in [0, 0.05) is 5.56 Å². The summed E-state index contributed by atoms with van der Waals surface area (Å²) in [5.41, 5.74) is 0.882. The van der Waals surface area contributed by atoms with E-state index in [1.54, 1.807) is 7.11 Å². The molecule has 1 aromatic heterocycles. The molecule has 24 heavy (non-hydrogen) atoms. The molecule has 1 fully saturated rings. The largest absolute Gasteiger partial charge is 0.497 e. The Morgan fingerprint density at radius 2 is 2.08 bits per heavy atom. The third-order valence-electron chi connectivity index (χ3n) is 3.94. The Morgan fingerprint density at radius 1 is 1.38 bits per heavy atom. The fourth-order valence-electron chi connectivity index (χ4n) is 2.38. The molecule has 1 unspecified atom stereocenters. The third kappa shape index (κ3) is 3.91. The highest BCUT2D eigenvalue weighted by atomic mass is 32.1. The second-order valence-corrected chi connectivity index (χ2v) is 6.83. The Bertz CT molecular complexity index is 737. The van der Waals surface area contributed by atoms with E-state index < -0.39 is 12.0 Å². The Kier molecular flexibility index (Phi) is 4.80. The standard InChI is InChI=1S/C17H18N2O4S/c1-23-12-6-4-11(5-7-12)16-18-9-14(24-16)15(20)19-13(17(21)22)8-10-2-3-10/h4-7,9-10,13H,2-3,8H2,1H3,(H,19,20)(H,21,22). The molecule has 3 rings (SSSR count). The lowest BCUT2D eigenvalue weighted by molar-refractivity contribution is -0.139. The zero-order chi connectivity index (χ0) is 17.1. The molecule has 0 bridgehead atoms. The maximum atomic E-state index is 12.3. The van der Waals surface area contributed by atoms with Gasteiger partial charge in [0.25, 0.3) is 5.91 Å². The van der Waals surface area contributed by atoms with E-state index in [1.807, 2.05) is 24.3 Å². The molecule has 0 aliphatic heterocycles. The number of benzene rings is 1. The molecule has 1 atom stereocenters. The minimum atomic E-state index is -0.991. The fraction of sp³-hybridized carbons (Fsp3) is 0.353. The van der Waals surface area contributed by atoms with Crippen LogP contribution in [0.5, 0.6) is 5.75 Å². The van der Waals surface area contributed by atoms with Gasteiger partial charge in [-0.3, -0.25) is 4.79 Å². The highest BCUT2D eigenvalue weighted by Gasteiger charge is 2.30. The molecule has 1 aromatic carbocycles. The summed E-state index contributed by atoms with van der Waals surface area (Å²) in [6.45, 7) is 0. The Morgan fingerprint density at radius 3 is 2.67 bits per heavy atom. The second-order valence-electron chi connectivity index (χ2n) is 5.80. The lowest BCUT2D eigenvalue weighted by atomic mass is 10.1. The number of ether oxygens (including phenoxy) is 1. The Labute approximate surface area is 143 Å². The van der Waals surface area contributed by atoms with Crippen LogP contribution in [0, 0.1) is 5.92 Å². The van der Waals surface area contributed by atoms with Crippen molar-refractivity contribution >= 4 is 23.2 Å². The number of amides is 1. The van der Waals surface area contributed by atoms with E-state index in [-0.39, 0.29) is 5.91 Å². The van der Waals surface area contributed by atoms with Crippen LogP contribution in [0.2, 0.25) is 0 Å². The molecule has 6 nitrogen and oxygen atoms in total. The number of nitrogens with one attached hydrogen (secondary N) is 1. The van der Waals surface area contributed by atoms with Crippen molar-refractivity contribution in [3.05, 3.63) is 35.3 Å². The second kappa shape index (κ2) is 7.00. The number of aromatic nitrogens is 1. The van der Waals surface area contributed by atoms with E-state index in [0.717, 1.165) is 24.2 Å². The molecular weight excluding hydrogens is 328 g/mol. The predicted molar refractivity (Wildman–Crippen MR) is 90.3 cm³/mol. The normalized spacial score (nSPS) is 14.9. The average Bonchev–Trinajstić information content (AvgIpc) is 3.26. The zero-order valence-corrected chi connectivity index (χ0v) is 14.0. The topological polar surface area (TPSA) is 88.5 Å². The first-order valence-electron chi connectivity index (χ1n) is 7.70. The summed E-state index contributed by atoms with van der Waals surface area (Å²) in [5, 5.41) is 12.5. The lowest BCUT2D eigenvalue weighted by Gasteiger charge is -2.12. The molecule has 1 aliphatic carbocycles. The van der Waals surface area contributed by atoms with Gasteiger partial charge in [0.15, 0.2) is 0 Å². The fourth-order valence-corrected chi connectivity index (χ4v) is 3.21. The van der Waals surface area contributed by atoms with Gasteiger partial charge in [0.05, 0.1) is 13.3 Å². The van der Waals surface area contributed by atoms with Crippen molar-refractivity contribution in [2.45, 2.75) is 25.3 Å². The van der Waals surface area contributed by atoms with E-state index in [9.17, 15) is 14.7 Å². The number of carbonyl (C=O) groups excluding carboxylic acids is 1. The number of methoxy groups -OCH3 is 1. The number of hydrogen-bond acceptors (Lipinski definition) is 5. The van der Waals surface area contributed by atoms with Gasteiger partial charge in [-0.05, 0) is 36.6 Å². The van der Waals surface area contributed by atoms with Crippen LogP contribution in [0.25, 0.3) is 10.6 Å². The first kappa shape index (κ1) is 16.4. The quantitative estimate of drug-likeness (QED) is 0.805. The average molecular weight is 346 g/mol. The van der Waals surface area contributed by atoms with Gasteiger partial charge in [-0.25, -0.2) is 9.78 Å². The minimum absolute atomic E-state index is 0.389. The summed E-state index contributed by atoms with van der Waals surface area (Å²) in [6, 6.07) is 6.55. The molecule has 0 spiro atoms. The molecule has 7 heteroatoms. The van der Waals surface area contributed by atoms with Gasteiger partial charge in [0.2, 0.25) is 0 Å². The Hall–Kier alpha value is -2.41. The molecule has 0 radical (unpaired) electrons. The van der Waals surface area contributed by atoms with E-state index in [2.05, 4.69) is 10.3 Å². The summed E-state index contributed by atoms with van der Waals surface area (Å²) in [4.78, 5) is 28.2. The molecule has 0 saturated heterocycles. The molecule has 2 N–H and O–H groups in total. The summed E-state index contributed by atoms with van der Waals surface area (Å²) >= 11 is 1.24. The van der Waals surface area contributed by atoms with E-state index in [0.29, 0.717) is 22.2 Å². The van der Waals surface area contributed by atoms with Gasteiger partial charge < -0.3 is 15.2 Å². The van der Waals surface area contributed by atoms with Crippen molar-refractivity contribution in [2.24, 2.45) is 5.92 Å². The molecule has 1 aliphatic rings. The highest BCUT2D eigenvalue weighted by molar-refractivity contribution is 7.16. The van der Waals surface area contributed by atoms with Gasteiger partial charge in [-0.15, -0.1) is 11.3 Å². The number of rotatable bonds is 7. The molecule has 126 valence electrons. The van der Waals surface area contributed by atoms with Gasteiger partial charge in [-0.2, -0.15) is 0 Å². The van der Waals surface area contributed by atoms with Crippen LogP contribution >= 0.6 is 11.3 Å². The summed E-state index contributed by atoms with van der Waals surface area (Å²) in [7, 11) is 1.60. The maximum absolute atomic E-state index is 12.3. The highest BCUT2D eigenvalue weighted by Crippen LogP contribution is 2.33. The SMILES string of the molecule is COc1ccc(-c2ncc(C(=O)NC(CC3CC3)C(=O)O)s2)cc1. The van der Waals surface area contributed by atoms with Crippen molar-refractivity contribution in [2.75, 3.05) is 7.11 Å². The van der Waals surface area contributed by atoms with E-state index in [1.165, 1.54) is 17.5 Å². The van der Waals surface area contributed by atoms with Crippen molar-refractivity contribution in [1.82, 2.24) is 10.3 Å². The molecule has 1 heterocycles. The maximum Gasteiger partial charge on any atom is 0.326 e. The number of nitrogens with zero attached hydrogens (tertiary/aromatic N) is 1. The number of hydrogen-bond donors (Lipinski definition) is 2. The number of thiazole rings is 1. The van der Waals surface area contributed by atoms with Gasteiger partial charge >= 0.3 is 5.97 Å². The van der Waals surface area contributed by atoms with Crippen LogP contribution in [0.4, 0.5) is 0 Å². The monoisotopic (exact) mass is 346 g/mol. The van der Waals surface area contributed by atoms with Crippen LogP contribution in [0.15, 0.2) is 30.5 Å². The molecule has 2 aromatic rings. The molecule has 1 amide bonds. The van der Waals surface area contributed by atoms with Gasteiger partial charge in [-0.1, -0.05) is 12.8 Å². The first-order chi connectivity index (χ1) is 11.6. The third-order valence-corrected chi connectivity index (χ3v) is 4.98. The number of carboxylic acids is 1. The Balaban J connectivity index is 1.69. The predicted octanol–water partition coefficient (Wildman–Crippen LogP) is 2.80. The van der Waals surface area contributed by atoms with Crippen LogP contribution in [-0.2, 0) is 4.79 Å². The van der Waals surface area contributed by atoms with Crippen molar-refractivity contribution in [3.8, 4) is 16.3 Å². The van der Waals surface area contributed by atoms with Gasteiger partial charge in [0.1, 0.15) is 21.7 Å². The molecule has 1 saturated carbocycles. The van der Waals surface area contributed by atoms with Crippen molar-refractivity contribution < 1.29 is 19.4 Å². The van der Waals surface area contributed by atoms with Crippen molar-refractivity contribution in [1.29, 1.82) is 0 Å². The van der Waals surface area contributed by atoms with Crippen molar-refractivity contribution in [3.63, 3.8) is 0 Å². The minimum Gasteiger partial charge on any atom is -0.497 e. The summed E-state index contributed by atoms with van der Waals surface area (Å²) in [6.07, 6.45) is 4.06. The number of carbonyl (C=O) groups is 2. The number of carboxylic acid groups (broad SMARTS) is 1. The first-order valence-corrected chi connectivity index (χ1v) is 8.52. The van der Waals surface area contributed by atoms with Crippen LogP contribution in [-0.4, -0.2) is 35.1 Å². The summed E-state index contributed by atoms with van der Waals surface area (Å²) < 4.78 is 5.11. The zero-order valence-electron chi connectivity index (χ0n) is 13.2. The summed E-state index contributed by atoms with van der Waals surface area (Å²) in [5.74, 6) is -0.212. The smallest absolute Gasteiger partial charge is 0.326 e. The van der Waals surface area contributed by atoms with E-state index in [4.69, 9.17) is 4.74 Å². The molecular formula is C17H18N2O4S. The van der Waals surface area contributed by atoms with Crippen LogP contribution < -0.4 is 10.1 Å². The van der Waals surface area contributed by atoms with E-state index >= 15 is 0 Å². The van der Waals surface area contributed by atoms with Crippen LogP contribution in [0.1, 0.15) is 28.9 Å². The lowest BCUT2D eigenvalue weighted by Crippen LogP contribution is -2.40.